The number of halogens is 4. The fourth-order valence-corrected chi connectivity index (χ4v) is 2.53. The van der Waals surface area contributed by atoms with Gasteiger partial charge in [-0.15, -0.1) is 0 Å². The van der Waals surface area contributed by atoms with E-state index < -0.39 is 11.7 Å². The van der Waals surface area contributed by atoms with Gasteiger partial charge in [-0.25, -0.2) is 0 Å². The Labute approximate surface area is 149 Å². The van der Waals surface area contributed by atoms with Gasteiger partial charge in [-0.3, -0.25) is 0 Å². The molecule has 2 nitrogen and oxygen atoms in total. The largest absolute Gasteiger partial charge is 0.417 e. The first-order valence-electron chi connectivity index (χ1n) is 7.21. The monoisotopic (exact) mass is 372 g/mol. The quantitative estimate of drug-likeness (QED) is 0.619. The molecule has 0 unspecified atom stereocenters. The Kier molecular flexibility index (Phi) is 5.72. The van der Waals surface area contributed by atoms with Gasteiger partial charge in [-0.2, -0.15) is 13.2 Å². The molecule has 2 aromatic carbocycles. The highest BCUT2D eigenvalue weighted by Gasteiger charge is 2.33. The summed E-state index contributed by atoms with van der Waals surface area (Å²) in [5, 5.41) is 5.51. The van der Waals surface area contributed by atoms with Crippen molar-refractivity contribution in [3.63, 3.8) is 0 Å². The summed E-state index contributed by atoms with van der Waals surface area (Å²) in [7, 11) is 0. The summed E-state index contributed by atoms with van der Waals surface area (Å²) in [5.74, 6) is 0.416. The van der Waals surface area contributed by atoms with Crippen LogP contribution in [-0.4, -0.2) is 5.11 Å². The molecule has 0 heterocycles. The zero-order chi connectivity index (χ0) is 17.9. The molecule has 24 heavy (non-hydrogen) atoms. The number of rotatable bonds is 3. The highest BCUT2D eigenvalue weighted by Crippen LogP contribution is 2.36. The zero-order valence-electron chi connectivity index (χ0n) is 13.0. The summed E-state index contributed by atoms with van der Waals surface area (Å²) in [4.78, 5) is 0. The van der Waals surface area contributed by atoms with Gasteiger partial charge in [0.1, 0.15) is 0 Å². The maximum absolute atomic E-state index is 12.9. The summed E-state index contributed by atoms with van der Waals surface area (Å²) < 4.78 is 38.6. The molecule has 2 rings (SSSR count). The molecular formula is C17H16ClF3N2S. The Balaban J connectivity index is 2.07. The molecule has 0 fully saturated rings. The first kappa shape index (κ1) is 18.5. The molecule has 0 aliphatic rings. The van der Waals surface area contributed by atoms with Crippen LogP contribution in [0.3, 0.4) is 0 Å². The minimum Gasteiger partial charge on any atom is -0.332 e. The van der Waals surface area contributed by atoms with Gasteiger partial charge in [0, 0.05) is 11.4 Å². The van der Waals surface area contributed by atoms with E-state index >= 15 is 0 Å². The molecule has 0 aromatic heterocycles. The van der Waals surface area contributed by atoms with Crippen LogP contribution in [0.5, 0.6) is 0 Å². The maximum Gasteiger partial charge on any atom is 0.417 e. The van der Waals surface area contributed by atoms with Crippen LogP contribution in [0.15, 0.2) is 42.5 Å². The van der Waals surface area contributed by atoms with E-state index in [-0.39, 0.29) is 15.8 Å². The second-order valence-electron chi connectivity index (χ2n) is 5.55. The second kappa shape index (κ2) is 7.40. The van der Waals surface area contributed by atoms with Crippen molar-refractivity contribution in [2.24, 2.45) is 0 Å². The van der Waals surface area contributed by atoms with E-state index in [1.54, 1.807) is 0 Å². The topological polar surface area (TPSA) is 24.1 Å². The first-order chi connectivity index (χ1) is 11.2. The third-order valence-corrected chi connectivity index (χ3v) is 3.90. The number of anilines is 2. The van der Waals surface area contributed by atoms with Gasteiger partial charge < -0.3 is 10.6 Å². The summed E-state index contributed by atoms with van der Waals surface area (Å²) in [6, 6.07) is 11.2. The molecule has 0 radical (unpaired) electrons. The van der Waals surface area contributed by atoms with E-state index in [4.69, 9.17) is 23.8 Å². The summed E-state index contributed by atoms with van der Waals surface area (Å²) in [5.41, 5.74) is 1.25. The van der Waals surface area contributed by atoms with Crippen LogP contribution in [0.25, 0.3) is 0 Å². The molecular weight excluding hydrogens is 357 g/mol. The minimum atomic E-state index is -4.52. The van der Waals surface area contributed by atoms with E-state index in [1.807, 2.05) is 24.3 Å². The molecule has 2 aromatic rings. The van der Waals surface area contributed by atoms with Crippen molar-refractivity contribution in [1.82, 2.24) is 0 Å². The van der Waals surface area contributed by atoms with Crippen molar-refractivity contribution in [3.8, 4) is 0 Å². The highest BCUT2D eigenvalue weighted by atomic mass is 35.5. The first-order valence-corrected chi connectivity index (χ1v) is 8.00. The lowest BCUT2D eigenvalue weighted by molar-refractivity contribution is -0.137. The smallest absolute Gasteiger partial charge is 0.332 e. The Morgan fingerprint density at radius 3 is 2.08 bits per heavy atom. The average molecular weight is 373 g/mol. The Hall–Kier alpha value is -1.79. The molecule has 0 aliphatic heterocycles. The standard InChI is InChI=1S/C17H16ClF3N2S/c1-10(2)11-3-5-12(6-4-11)22-16(24)23-13-7-8-15(18)14(9-13)17(19,20)21/h3-10H,1-2H3,(H2,22,23,24). The number of hydrogen-bond donors (Lipinski definition) is 2. The van der Waals surface area contributed by atoms with Crippen LogP contribution in [0, 0.1) is 0 Å². The van der Waals surface area contributed by atoms with E-state index in [0.29, 0.717) is 5.92 Å². The fourth-order valence-electron chi connectivity index (χ4n) is 2.07. The molecule has 0 saturated carbocycles. The maximum atomic E-state index is 12.9. The minimum absolute atomic E-state index is 0.197. The second-order valence-corrected chi connectivity index (χ2v) is 6.36. The molecule has 7 heteroatoms. The van der Waals surface area contributed by atoms with Gasteiger partial charge in [0.25, 0.3) is 0 Å². The van der Waals surface area contributed by atoms with Crippen LogP contribution in [0.1, 0.15) is 30.9 Å². The van der Waals surface area contributed by atoms with E-state index in [2.05, 4.69) is 24.5 Å². The van der Waals surface area contributed by atoms with Crippen molar-refractivity contribution in [3.05, 3.63) is 58.6 Å². The van der Waals surface area contributed by atoms with Gasteiger partial charge in [-0.05, 0) is 54.0 Å². The van der Waals surface area contributed by atoms with E-state index in [9.17, 15) is 13.2 Å². The highest BCUT2D eigenvalue weighted by molar-refractivity contribution is 7.80. The molecule has 2 N–H and O–H groups in total. The molecule has 0 atom stereocenters. The predicted octanol–water partition coefficient (Wildman–Crippen LogP) is 6.29. The van der Waals surface area contributed by atoms with E-state index in [1.165, 1.54) is 17.7 Å². The lowest BCUT2D eigenvalue weighted by atomic mass is 10.0. The van der Waals surface area contributed by atoms with Crippen LogP contribution < -0.4 is 10.6 Å². The molecule has 128 valence electrons. The average Bonchev–Trinajstić information content (AvgIpc) is 2.48. The molecule has 0 spiro atoms. The van der Waals surface area contributed by atoms with Crippen molar-refractivity contribution < 1.29 is 13.2 Å². The molecule has 0 aliphatic carbocycles. The normalized spacial score (nSPS) is 11.5. The van der Waals surface area contributed by atoms with Crippen molar-refractivity contribution in [2.75, 3.05) is 10.6 Å². The van der Waals surface area contributed by atoms with Gasteiger partial charge in [-0.1, -0.05) is 37.6 Å². The number of hydrogen-bond acceptors (Lipinski definition) is 1. The molecule has 0 amide bonds. The Morgan fingerprint density at radius 1 is 1.00 bits per heavy atom. The summed E-state index contributed by atoms with van der Waals surface area (Å²) >= 11 is 10.7. The number of benzene rings is 2. The predicted molar refractivity (Wildman–Crippen MR) is 96.8 cm³/mol. The molecule has 0 bridgehead atoms. The third kappa shape index (κ3) is 4.85. The van der Waals surface area contributed by atoms with Crippen LogP contribution in [-0.2, 0) is 6.18 Å². The van der Waals surface area contributed by atoms with Gasteiger partial charge in [0.05, 0.1) is 10.6 Å². The zero-order valence-corrected chi connectivity index (χ0v) is 14.6. The lowest BCUT2D eigenvalue weighted by Crippen LogP contribution is -2.19. The van der Waals surface area contributed by atoms with Crippen LogP contribution in [0.4, 0.5) is 24.5 Å². The molecule has 0 saturated heterocycles. The van der Waals surface area contributed by atoms with E-state index in [0.717, 1.165) is 11.8 Å². The van der Waals surface area contributed by atoms with Crippen LogP contribution in [0.2, 0.25) is 5.02 Å². The van der Waals surface area contributed by atoms with Crippen molar-refractivity contribution in [2.45, 2.75) is 25.9 Å². The number of thiocarbonyl (C=S) groups is 1. The summed E-state index contributed by atoms with van der Waals surface area (Å²) in [6.07, 6.45) is -4.52. The third-order valence-electron chi connectivity index (χ3n) is 3.36. The number of nitrogens with one attached hydrogen (secondary N) is 2. The number of alkyl halides is 3. The Morgan fingerprint density at radius 2 is 1.54 bits per heavy atom. The van der Waals surface area contributed by atoms with Crippen molar-refractivity contribution in [1.29, 1.82) is 0 Å². The Bertz CT molecular complexity index is 728. The lowest BCUT2D eigenvalue weighted by Gasteiger charge is -2.14. The fraction of sp³-hybridized carbons (Fsp3) is 0.235. The van der Waals surface area contributed by atoms with Crippen molar-refractivity contribution >= 4 is 40.3 Å². The van der Waals surface area contributed by atoms with Gasteiger partial charge >= 0.3 is 6.18 Å². The van der Waals surface area contributed by atoms with Gasteiger partial charge in [0.2, 0.25) is 0 Å². The van der Waals surface area contributed by atoms with Gasteiger partial charge in [0.15, 0.2) is 5.11 Å². The van der Waals surface area contributed by atoms with Crippen LogP contribution >= 0.6 is 23.8 Å². The SMILES string of the molecule is CC(C)c1ccc(NC(=S)Nc2ccc(Cl)c(C(F)(F)F)c2)cc1. The summed E-state index contributed by atoms with van der Waals surface area (Å²) in [6.45, 7) is 4.18.